The number of halogens is 1. The van der Waals surface area contributed by atoms with E-state index in [1.165, 1.54) is 49.5 Å². The van der Waals surface area contributed by atoms with E-state index in [2.05, 4.69) is 5.32 Å². The number of nitrogens with one attached hydrogen (secondary N) is 1. The molecule has 1 aliphatic carbocycles. The van der Waals surface area contributed by atoms with Gasteiger partial charge in [0.25, 0.3) is 10.0 Å². The highest BCUT2D eigenvalue weighted by molar-refractivity contribution is 7.92. The third-order valence-corrected chi connectivity index (χ3v) is 9.66. The van der Waals surface area contributed by atoms with E-state index in [0.717, 1.165) is 41.1 Å². The van der Waals surface area contributed by atoms with Gasteiger partial charge in [-0.3, -0.25) is 13.9 Å². The Kier molecular flexibility index (Phi) is 10.6. The number of aryl methyl sites for hydroxylation is 1. The van der Waals surface area contributed by atoms with Crippen LogP contribution in [0.1, 0.15) is 43.7 Å². The van der Waals surface area contributed by atoms with Crippen LogP contribution in [-0.4, -0.2) is 58.0 Å². The first-order valence-electron chi connectivity index (χ1n) is 14.2. The Morgan fingerprint density at radius 3 is 2.28 bits per heavy atom. The van der Waals surface area contributed by atoms with Crippen LogP contribution in [0.15, 0.2) is 71.6 Å². The smallest absolute Gasteiger partial charge is 0.264 e. The van der Waals surface area contributed by atoms with E-state index >= 15 is 0 Å². The third-order valence-electron chi connectivity index (χ3n) is 7.64. The van der Waals surface area contributed by atoms with Crippen molar-refractivity contribution in [3.05, 3.63) is 82.9 Å². The number of anilines is 1. The van der Waals surface area contributed by atoms with Crippen LogP contribution in [-0.2, 0) is 26.2 Å². The number of amides is 2. The van der Waals surface area contributed by atoms with Crippen molar-refractivity contribution in [2.24, 2.45) is 0 Å². The Morgan fingerprint density at radius 2 is 1.65 bits per heavy atom. The van der Waals surface area contributed by atoms with Crippen LogP contribution in [0.5, 0.6) is 11.5 Å². The third kappa shape index (κ3) is 7.80. The monoisotopic (exact) mass is 627 g/mol. The average molecular weight is 628 g/mol. The van der Waals surface area contributed by atoms with E-state index in [0.29, 0.717) is 10.8 Å². The summed E-state index contributed by atoms with van der Waals surface area (Å²) in [5.74, 6) is -0.213. The molecule has 1 N–H and O–H groups in total. The molecule has 1 atom stereocenters. The van der Waals surface area contributed by atoms with Crippen molar-refractivity contribution in [2.45, 2.75) is 63.1 Å². The molecule has 0 radical (unpaired) electrons. The maximum absolute atomic E-state index is 14.1. The highest BCUT2D eigenvalue weighted by atomic mass is 35.5. The summed E-state index contributed by atoms with van der Waals surface area (Å²) in [4.78, 5) is 28.8. The largest absolute Gasteiger partial charge is 0.493 e. The van der Waals surface area contributed by atoms with Crippen LogP contribution < -0.4 is 19.1 Å². The minimum Gasteiger partial charge on any atom is -0.493 e. The number of benzene rings is 3. The Bertz CT molecular complexity index is 1540. The lowest BCUT2D eigenvalue weighted by atomic mass is 10.1. The van der Waals surface area contributed by atoms with Crippen LogP contribution in [0, 0.1) is 6.92 Å². The van der Waals surface area contributed by atoms with Crippen molar-refractivity contribution in [3.8, 4) is 11.5 Å². The van der Waals surface area contributed by atoms with E-state index in [1.807, 2.05) is 31.2 Å². The Balaban J connectivity index is 1.71. The van der Waals surface area contributed by atoms with Crippen LogP contribution in [0.3, 0.4) is 0 Å². The number of sulfonamides is 1. The van der Waals surface area contributed by atoms with E-state index in [9.17, 15) is 18.0 Å². The second kappa shape index (κ2) is 14.1. The lowest BCUT2D eigenvalue weighted by Crippen LogP contribution is -2.52. The Labute approximate surface area is 258 Å². The van der Waals surface area contributed by atoms with Gasteiger partial charge in [0.15, 0.2) is 11.5 Å². The van der Waals surface area contributed by atoms with Crippen LogP contribution in [0.4, 0.5) is 5.69 Å². The van der Waals surface area contributed by atoms with Gasteiger partial charge in [-0.2, -0.15) is 0 Å². The number of hydrogen-bond donors (Lipinski definition) is 1. The van der Waals surface area contributed by atoms with E-state index in [4.69, 9.17) is 21.1 Å². The molecule has 0 bridgehead atoms. The fraction of sp³-hybridized carbons (Fsp3) is 0.375. The highest BCUT2D eigenvalue weighted by Gasteiger charge is 2.34. The van der Waals surface area contributed by atoms with Gasteiger partial charge in [-0.05, 0) is 68.7 Å². The quantitative estimate of drug-likeness (QED) is 0.291. The molecule has 0 aromatic heterocycles. The zero-order chi connectivity index (χ0) is 31.1. The van der Waals surface area contributed by atoms with Gasteiger partial charge < -0.3 is 19.7 Å². The van der Waals surface area contributed by atoms with Crippen molar-refractivity contribution in [1.82, 2.24) is 10.2 Å². The topological polar surface area (TPSA) is 105 Å². The molecule has 3 aromatic rings. The van der Waals surface area contributed by atoms with Crippen LogP contribution >= 0.6 is 11.6 Å². The summed E-state index contributed by atoms with van der Waals surface area (Å²) in [7, 11) is -1.42. The molecule has 230 valence electrons. The number of nitrogens with zero attached hydrogens (tertiary/aromatic N) is 2. The van der Waals surface area contributed by atoms with Gasteiger partial charge in [0.1, 0.15) is 12.6 Å². The molecule has 0 aliphatic heterocycles. The first-order valence-corrected chi connectivity index (χ1v) is 16.0. The molecule has 0 spiro atoms. The second-order valence-corrected chi connectivity index (χ2v) is 13.0. The number of rotatable bonds is 12. The van der Waals surface area contributed by atoms with Gasteiger partial charge in [0.05, 0.1) is 24.8 Å². The van der Waals surface area contributed by atoms with E-state index in [1.54, 1.807) is 19.1 Å². The number of carbonyl (C=O) groups is 2. The van der Waals surface area contributed by atoms with Crippen molar-refractivity contribution in [3.63, 3.8) is 0 Å². The predicted octanol–water partition coefficient (Wildman–Crippen LogP) is 5.34. The number of ether oxygens (including phenoxy) is 2. The molecular formula is C32H38ClN3O6S. The summed E-state index contributed by atoms with van der Waals surface area (Å²) < 4.78 is 39.9. The maximum atomic E-state index is 14.1. The molecule has 43 heavy (non-hydrogen) atoms. The lowest BCUT2D eigenvalue weighted by molar-refractivity contribution is -0.139. The Hall–Kier alpha value is -3.76. The van der Waals surface area contributed by atoms with Crippen LogP contribution in [0.2, 0.25) is 5.02 Å². The lowest BCUT2D eigenvalue weighted by Gasteiger charge is -2.32. The standard InChI is InChI=1S/C32H38ClN3O6S/c1-22-8-7-9-24(18-22)20-35(23(2)32(38)34-26-10-5-6-11-26)31(37)21-36(27-14-12-25(33)13-15-27)43(39,40)28-16-17-29(41-3)30(19-28)42-4/h7-9,12-19,23,26H,5-6,10-11,20-21H2,1-4H3,(H,34,38)/t23-/m1/s1. The SMILES string of the molecule is COc1ccc(S(=O)(=O)N(CC(=O)N(Cc2cccc(C)c2)[C@H](C)C(=O)NC2CCCC2)c2ccc(Cl)cc2)cc1OC. The number of methoxy groups -OCH3 is 2. The molecular weight excluding hydrogens is 590 g/mol. The zero-order valence-electron chi connectivity index (χ0n) is 24.9. The Morgan fingerprint density at radius 1 is 0.977 bits per heavy atom. The van der Waals surface area contributed by atoms with Gasteiger partial charge in [0.2, 0.25) is 11.8 Å². The van der Waals surface area contributed by atoms with Gasteiger partial charge >= 0.3 is 0 Å². The first kappa shape index (κ1) is 32.2. The van der Waals surface area contributed by atoms with Crippen molar-refractivity contribution >= 4 is 39.1 Å². The fourth-order valence-corrected chi connectivity index (χ4v) is 6.78. The van der Waals surface area contributed by atoms with Crippen LogP contribution in [0.25, 0.3) is 0 Å². The summed E-state index contributed by atoms with van der Waals surface area (Å²) in [5, 5.41) is 3.49. The van der Waals surface area contributed by atoms with Gasteiger partial charge in [0, 0.05) is 23.7 Å². The summed E-state index contributed by atoms with van der Waals surface area (Å²) in [5.41, 5.74) is 2.08. The first-order chi connectivity index (χ1) is 20.5. The fourth-order valence-electron chi connectivity index (χ4n) is 5.22. The predicted molar refractivity (Wildman–Crippen MR) is 167 cm³/mol. The molecule has 4 rings (SSSR count). The molecule has 0 saturated heterocycles. The number of carbonyl (C=O) groups excluding carboxylic acids is 2. The van der Waals surface area contributed by atoms with Crippen molar-refractivity contribution in [1.29, 1.82) is 0 Å². The van der Waals surface area contributed by atoms with E-state index < -0.39 is 28.5 Å². The summed E-state index contributed by atoms with van der Waals surface area (Å²) >= 11 is 6.11. The highest BCUT2D eigenvalue weighted by Crippen LogP contribution is 2.33. The maximum Gasteiger partial charge on any atom is 0.264 e. The molecule has 11 heteroatoms. The van der Waals surface area contributed by atoms with Crippen molar-refractivity contribution in [2.75, 3.05) is 25.1 Å². The molecule has 1 aliphatic rings. The zero-order valence-corrected chi connectivity index (χ0v) is 26.5. The minimum absolute atomic E-state index is 0.0712. The molecule has 0 unspecified atom stereocenters. The summed E-state index contributed by atoms with van der Waals surface area (Å²) in [6.45, 7) is 3.20. The molecule has 2 amide bonds. The average Bonchev–Trinajstić information content (AvgIpc) is 3.51. The van der Waals surface area contributed by atoms with E-state index in [-0.39, 0.29) is 34.8 Å². The van der Waals surface area contributed by atoms with Gasteiger partial charge in [-0.15, -0.1) is 0 Å². The molecule has 0 heterocycles. The van der Waals surface area contributed by atoms with Gasteiger partial charge in [-0.25, -0.2) is 8.42 Å². The molecule has 1 fully saturated rings. The number of hydrogen-bond acceptors (Lipinski definition) is 6. The van der Waals surface area contributed by atoms with Crippen molar-refractivity contribution < 1.29 is 27.5 Å². The normalized spacial score (nSPS) is 14.2. The minimum atomic E-state index is -4.29. The summed E-state index contributed by atoms with van der Waals surface area (Å²) in [6.07, 6.45) is 3.90. The second-order valence-electron chi connectivity index (χ2n) is 10.7. The summed E-state index contributed by atoms with van der Waals surface area (Å²) in [6, 6.07) is 17.3. The molecule has 3 aromatic carbocycles. The molecule has 9 nitrogen and oxygen atoms in total. The van der Waals surface area contributed by atoms with Gasteiger partial charge in [-0.1, -0.05) is 54.3 Å². The molecule has 1 saturated carbocycles.